The van der Waals surface area contributed by atoms with Crippen LogP contribution >= 0.6 is 28.1 Å². The van der Waals surface area contributed by atoms with Gasteiger partial charge in [0, 0.05) is 10.2 Å². The van der Waals surface area contributed by atoms with Gasteiger partial charge in [-0.3, -0.25) is 10.1 Å². The van der Waals surface area contributed by atoms with Crippen LogP contribution in [-0.4, -0.2) is 28.2 Å². The molecule has 0 aliphatic heterocycles. The molecule has 4 aromatic rings. The molecule has 0 aliphatic rings. The molecule has 4 rings (SSSR count). The number of oxazole rings is 1. The van der Waals surface area contributed by atoms with E-state index in [-0.39, 0.29) is 16.8 Å². The van der Waals surface area contributed by atoms with Crippen molar-refractivity contribution in [1.82, 2.24) is 10.3 Å². The molecule has 0 aliphatic carbocycles. The minimum Gasteiger partial charge on any atom is -0.507 e. The topological polar surface area (TPSA) is 96.6 Å². The van der Waals surface area contributed by atoms with Crippen LogP contribution in [0.4, 0.5) is 5.69 Å². The number of rotatable bonds is 4. The summed E-state index contributed by atoms with van der Waals surface area (Å²) >= 11 is 8.75. The van der Waals surface area contributed by atoms with Crippen molar-refractivity contribution in [2.45, 2.75) is 13.8 Å². The average molecular weight is 526 g/mol. The number of methoxy groups -OCH3 is 1. The molecule has 1 amide bonds. The van der Waals surface area contributed by atoms with E-state index < -0.39 is 5.91 Å². The Bertz CT molecular complexity index is 1370. The largest absolute Gasteiger partial charge is 0.507 e. The Morgan fingerprint density at radius 1 is 1.15 bits per heavy atom. The number of aryl methyl sites for hydroxylation is 2. The van der Waals surface area contributed by atoms with Crippen molar-refractivity contribution in [3.8, 4) is 23.0 Å². The number of carbonyl (C=O) groups excluding carboxylic acids is 1. The fraction of sp³-hybridized carbons (Fsp3) is 0.125. The van der Waals surface area contributed by atoms with Gasteiger partial charge in [-0.25, -0.2) is 4.98 Å². The first-order valence-electron chi connectivity index (χ1n) is 9.93. The molecule has 168 valence electrons. The molecule has 9 heteroatoms. The highest BCUT2D eigenvalue weighted by molar-refractivity contribution is 9.10. The zero-order chi connectivity index (χ0) is 23.7. The molecule has 0 saturated heterocycles. The molecule has 0 atom stereocenters. The standard InChI is InChI=1S/C24H20BrN3O4S/c1-12-9-15(11-16(20(12)29)23-27-18-6-4-5-7-19(18)32-23)26-24(33)28-22(30)17-10-14(25)8-13(2)21(17)31-3/h4-11,29H,1-3H3,(H2,26,28,30,33). The number of phenols is 1. The van der Waals surface area contributed by atoms with Gasteiger partial charge in [-0.1, -0.05) is 28.1 Å². The van der Waals surface area contributed by atoms with Gasteiger partial charge in [0.2, 0.25) is 5.89 Å². The Kier molecular flexibility index (Phi) is 6.35. The number of carbonyl (C=O) groups is 1. The number of ether oxygens (including phenoxy) is 1. The number of anilines is 1. The van der Waals surface area contributed by atoms with E-state index in [4.69, 9.17) is 21.4 Å². The van der Waals surface area contributed by atoms with E-state index in [1.165, 1.54) is 7.11 Å². The average Bonchev–Trinajstić information content (AvgIpc) is 3.19. The predicted molar refractivity (Wildman–Crippen MR) is 135 cm³/mol. The second-order valence-corrected chi connectivity index (χ2v) is 8.71. The first-order chi connectivity index (χ1) is 15.8. The van der Waals surface area contributed by atoms with E-state index in [0.717, 1.165) is 10.0 Å². The number of hydrogen-bond donors (Lipinski definition) is 3. The van der Waals surface area contributed by atoms with Crippen LogP contribution in [0.1, 0.15) is 21.5 Å². The van der Waals surface area contributed by atoms with Crippen molar-refractivity contribution in [2.24, 2.45) is 0 Å². The summed E-state index contributed by atoms with van der Waals surface area (Å²) < 4.78 is 11.9. The van der Waals surface area contributed by atoms with Crippen molar-refractivity contribution < 1.29 is 19.1 Å². The summed E-state index contributed by atoms with van der Waals surface area (Å²) in [5, 5.41) is 16.3. The Morgan fingerprint density at radius 3 is 2.64 bits per heavy atom. The van der Waals surface area contributed by atoms with Crippen LogP contribution in [0.2, 0.25) is 0 Å². The molecule has 0 bridgehead atoms. The molecule has 0 fully saturated rings. The number of phenolic OH excluding ortho intramolecular Hbond substituents is 1. The summed E-state index contributed by atoms with van der Waals surface area (Å²) in [6.07, 6.45) is 0. The number of thiocarbonyl (C=S) groups is 1. The van der Waals surface area contributed by atoms with Gasteiger partial charge in [0.25, 0.3) is 5.91 Å². The van der Waals surface area contributed by atoms with E-state index in [1.54, 1.807) is 31.2 Å². The number of aromatic nitrogens is 1. The third-order valence-corrected chi connectivity index (χ3v) is 5.66. The normalized spacial score (nSPS) is 10.8. The maximum atomic E-state index is 12.8. The van der Waals surface area contributed by atoms with E-state index in [2.05, 4.69) is 31.5 Å². The molecular weight excluding hydrogens is 506 g/mol. The third-order valence-electron chi connectivity index (χ3n) is 5.00. The first-order valence-corrected chi connectivity index (χ1v) is 11.1. The summed E-state index contributed by atoms with van der Waals surface area (Å²) in [4.78, 5) is 17.3. The maximum absolute atomic E-state index is 12.8. The Hall–Kier alpha value is -3.43. The minimum atomic E-state index is -0.413. The summed E-state index contributed by atoms with van der Waals surface area (Å²) in [6, 6.07) is 14.2. The lowest BCUT2D eigenvalue weighted by atomic mass is 10.1. The van der Waals surface area contributed by atoms with Gasteiger partial charge in [0.15, 0.2) is 10.7 Å². The number of hydrogen-bond acceptors (Lipinski definition) is 6. The highest BCUT2D eigenvalue weighted by Gasteiger charge is 2.19. The molecule has 0 spiro atoms. The number of amides is 1. The molecule has 3 N–H and O–H groups in total. The lowest BCUT2D eigenvalue weighted by Gasteiger charge is -2.15. The highest BCUT2D eigenvalue weighted by Crippen LogP contribution is 2.36. The summed E-state index contributed by atoms with van der Waals surface area (Å²) in [6.45, 7) is 3.60. The number of nitrogens with one attached hydrogen (secondary N) is 2. The van der Waals surface area contributed by atoms with Gasteiger partial charge in [-0.15, -0.1) is 0 Å². The van der Waals surface area contributed by atoms with Gasteiger partial charge in [0.1, 0.15) is 17.0 Å². The zero-order valence-electron chi connectivity index (χ0n) is 18.0. The maximum Gasteiger partial charge on any atom is 0.261 e. The molecule has 7 nitrogen and oxygen atoms in total. The molecule has 1 heterocycles. The van der Waals surface area contributed by atoms with Gasteiger partial charge in [0.05, 0.1) is 18.2 Å². The number of benzene rings is 3. The Labute approximate surface area is 203 Å². The second-order valence-electron chi connectivity index (χ2n) is 7.39. The summed E-state index contributed by atoms with van der Waals surface area (Å²) in [5.41, 5.74) is 4.02. The SMILES string of the molecule is COc1c(C)cc(Br)cc1C(=O)NC(=S)Nc1cc(C)c(O)c(-c2nc3ccccc3o2)c1. The van der Waals surface area contributed by atoms with Crippen molar-refractivity contribution in [3.05, 3.63) is 69.7 Å². The number of para-hydroxylation sites is 2. The number of nitrogens with zero attached hydrogens (tertiary/aromatic N) is 1. The fourth-order valence-corrected chi connectivity index (χ4v) is 4.29. The smallest absolute Gasteiger partial charge is 0.261 e. The second kappa shape index (κ2) is 9.21. The van der Waals surface area contributed by atoms with Gasteiger partial charge in [-0.05, 0) is 73.6 Å². The highest BCUT2D eigenvalue weighted by atomic mass is 79.9. The van der Waals surface area contributed by atoms with Crippen LogP contribution < -0.4 is 15.4 Å². The van der Waals surface area contributed by atoms with Crippen molar-refractivity contribution in [1.29, 1.82) is 0 Å². The third kappa shape index (κ3) is 4.69. The number of aromatic hydroxyl groups is 1. The van der Waals surface area contributed by atoms with Crippen LogP contribution in [0.5, 0.6) is 11.5 Å². The Morgan fingerprint density at radius 2 is 1.91 bits per heavy atom. The monoisotopic (exact) mass is 525 g/mol. The Balaban J connectivity index is 1.58. The number of halogens is 1. The molecule has 0 unspecified atom stereocenters. The van der Waals surface area contributed by atoms with E-state index in [0.29, 0.717) is 39.2 Å². The first kappa shape index (κ1) is 22.8. The van der Waals surface area contributed by atoms with Crippen LogP contribution in [0.3, 0.4) is 0 Å². The quantitative estimate of drug-likeness (QED) is 0.231. The van der Waals surface area contributed by atoms with Crippen LogP contribution in [0, 0.1) is 13.8 Å². The lowest BCUT2D eigenvalue weighted by Crippen LogP contribution is -2.34. The molecule has 3 aromatic carbocycles. The minimum absolute atomic E-state index is 0.0522. The van der Waals surface area contributed by atoms with E-state index in [1.807, 2.05) is 31.2 Å². The van der Waals surface area contributed by atoms with Crippen molar-refractivity contribution in [3.63, 3.8) is 0 Å². The predicted octanol–water partition coefficient (Wildman–Crippen LogP) is 5.72. The van der Waals surface area contributed by atoms with E-state index >= 15 is 0 Å². The summed E-state index contributed by atoms with van der Waals surface area (Å²) in [7, 11) is 1.51. The summed E-state index contributed by atoms with van der Waals surface area (Å²) in [5.74, 6) is 0.391. The van der Waals surface area contributed by atoms with E-state index in [9.17, 15) is 9.90 Å². The number of fused-ring (bicyclic) bond motifs is 1. The van der Waals surface area contributed by atoms with Crippen LogP contribution in [0.25, 0.3) is 22.6 Å². The van der Waals surface area contributed by atoms with Gasteiger partial charge < -0.3 is 19.6 Å². The molecular formula is C24H20BrN3O4S. The molecule has 33 heavy (non-hydrogen) atoms. The zero-order valence-corrected chi connectivity index (χ0v) is 20.4. The molecule has 1 aromatic heterocycles. The molecule has 0 saturated carbocycles. The van der Waals surface area contributed by atoms with Crippen molar-refractivity contribution >= 4 is 56.0 Å². The lowest BCUT2D eigenvalue weighted by molar-refractivity contribution is 0.0974. The fourth-order valence-electron chi connectivity index (χ4n) is 3.50. The van der Waals surface area contributed by atoms with Gasteiger partial charge in [-0.2, -0.15) is 0 Å². The van der Waals surface area contributed by atoms with Crippen molar-refractivity contribution in [2.75, 3.05) is 12.4 Å². The van der Waals surface area contributed by atoms with Gasteiger partial charge >= 0.3 is 0 Å². The molecule has 0 radical (unpaired) electrons. The van der Waals surface area contributed by atoms with Crippen LogP contribution in [0.15, 0.2) is 57.4 Å². The van der Waals surface area contributed by atoms with Crippen LogP contribution in [-0.2, 0) is 0 Å².